The monoisotopic (exact) mass is 358 g/mol. The summed E-state index contributed by atoms with van der Waals surface area (Å²) >= 11 is 5.83. The Hall–Kier alpha value is -3.17. The molecule has 0 unspecified atom stereocenters. The van der Waals surface area contributed by atoms with Crippen molar-refractivity contribution in [2.24, 2.45) is 0 Å². The normalized spacial score (nSPS) is 9.64. The van der Waals surface area contributed by atoms with Crippen molar-refractivity contribution in [1.82, 2.24) is 0 Å². The van der Waals surface area contributed by atoms with Crippen molar-refractivity contribution in [1.29, 1.82) is 0 Å². The maximum atomic E-state index is 12.2. The smallest absolute Gasteiger partial charge is 0.419 e. The number of benzene rings is 2. The zero-order valence-corrected chi connectivity index (χ0v) is 14.1. The molecular formula is C18H15ClN2O4. The van der Waals surface area contributed by atoms with Crippen molar-refractivity contribution in [2.45, 2.75) is 0 Å². The molecule has 2 aromatic rings. The molecule has 2 aromatic carbocycles. The van der Waals surface area contributed by atoms with Gasteiger partial charge >= 0.3 is 12.2 Å². The Morgan fingerprint density at radius 2 is 1.96 bits per heavy atom. The number of hydrogen-bond acceptors (Lipinski definition) is 4. The van der Waals surface area contributed by atoms with E-state index in [0.717, 1.165) is 0 Å². The number of nitrogens with zero attached hydrogens (tertiary/aromatic N) is 1. The van der Waals surface area contributed by atoms with Crippen molar-refractivity contribution in [3.63, 3.8) is 0 Å². The molecule has 0 radical (unpaired) electrons. The molecule has 128 valence electrons. The van der Waals surface area contributed by atoms with Crippen LogP contribution >= 0.6 is 11.6 Å². The number of halogens is 1. The molecule has 0 saturated carbocycles. The second-order valence-electron chi connectivity index (χ2n) is 4.84. The quantitative estimate of drug-likeness (QED) is 0.833. The number of carbonyl (C=O) groups is 2. The third-order valence-corrected chi connectivity index (χ3v) is 3.31. The summed E-state index contributed by atoms with van der Waals surface area (Å²) in [6.07, 6.45) is 3.73. The molecule has 0 atom stereocenters. The Kier molecular flexibility index (Phi) is 6.26. The zero-order valence-electron chi connectivity index (χ0n) is 13.4. The molecule has 0 aliphatic heterocycles. The van der Waals surface area contributed by atoms with Crippen molar-refractivity contribution >= 4 is 35.2 Å². The highest BCUT2D eigenvalue weighted by Gasteiger charge is 2.14. The number of hydrogen-bond donors (Lipinski definition) is 1. The van der Waals surface area contributed by atoms with Gasteiger partial charge in [-0.05, 0) is 36.4 Å². The Bertz CT molecular complexity index is 799. The third-order valence-electron chi connectivity index (χ3n) is 3.06. The van der Waals surface area contributed by atoms with E-state index in [4.69, 9.17) is 27.5 Å². The lowest BCUT2D eigenvalue weighted by Gasteiger charge is -2.17. The summed E-state index contributed by atoms with van der Waals surface area (Å²) in [5, 5.41) is 3.05. The first-order valence-electron chi connectivity index (χ1n) is 7.18. The van der Waals surface area contributed by atoms with Crippen LogP contribution in [0.25, 0.3) is 0 Å². The van der Waals surface area contributed by atoms with Crippen LogP contribution in [0.2, 0.25) is 5.02 Å². The summed E-state index contributed by atoms with van der Waals surface area (Å²) in [5.41, 5.74) is 1.03. The molecule has 2 amide bonds. The fourth-order valence-corrected chi connectivity index (χ4v) is 1.96. The molecule has 0 spiro atoms. The molecule has 0 bridgehead atoms. The molecule has 25 heavy (non-hydrogen) atoms. The number of nitrogens with one attached hydrogen (secondary N) is 1. The van der Waals surface area contributed by atoms with Crippen LogP contribution in [0.3, 0.4) is 0 Å². The highest BCUT2D eigenvalue weighted by Crippen LogP contribution is 2.21. The second kappa shape index (κ2) is 8.62. The van der Waals surface area contributed by atoms with E-state index in [2.05, 4.69) is 11.2 Å². The van der Waals surface area contributed by atoms with Gasteiger partial charge in [0, 0.05) is 29.5 Å². The number of terminal acetylenes is 1. The maximum absolute atomic E-state index is 12.2. The van der Waals surface area contributed by atoms with Gasteiger partial charge in [0.1, 0.15) is 5.75 Å². The predicted octanol–water partition coefficient (Wildman–Crippen LogP) is 4.16. The van der Waals surface area contributed by atoms with Crippen LogP contribution in [-0.4, -0.2) is 25.8 Å². The van der Waals surface area contributed by atoms with E-state index in [9.17, 15) is 9.59 Å². The molecule has 1 N–H and O–H groups in total. The SMILES string of the molecule is C#CCOC(=O)Nc1cccc(OC(=O)N(C)c2ccc(Cl)cc2)c1. The number of rotatable bonds is 4. The Balaban J connectivity index is 2.01. The van der Waals surface area contributed by atoms with E-state index in [1.165, 1.54) is 11.0 Å². The first-order valence-corrected chi connectivity index (χ1v) is 7.56. The van der Waals surface area contributed by atoms with Crippen LogP contribution in [-0.2, 0) is 4.74 Å². The lowest BCUT2D eigenvalue weighted by molar-refractivity contribution is 0.176. The number of carbonyl (C=O) groups excluding carboxylic acids is 2. The van der Waals surface area contributed by atoms with Gasteiger partial charge in [-0.2, -0.15) is 0 Å². The fraction of sp³-hybridized carbons (Fsp3) is 0.111. The van der Waals surface area contributed by atoms with Crippen LogP contribution in [0, 0.1) is 12.3 Å². The van der Waals surface area contributed by atoms with Crippen molar-refractivity contribution in [2.75, 3.05) is 23.9 Å². The summed E-state index contributed by atoms with van der Waals surface area (Å²) in [6.45, 7) is -0.133. The number of amides is 2. The first kappa shape index (κ1) is 18.2. The summed E-state index contributed by atoms with van der Waals surface area (Å²) in [7, 11) is 1.57. The highest BCUT2D eigenvalue weighted by atomic mass is 35.5. The van der Waals surface area contributed by atoms with E-state index < -0.39 is 12.2 Å². The van der Waals surface area contributed by atoms with Crippen molar-refractivity contribution < 1.29 is 19.1 Å². The Labute approximate surface area is 150 Å². The lowest BCUT2D eigenvalue weighted by atomic mass is 10.3. The minimum Gasteiger partial charge on any atom is -0.436 e. The van der Waals surface area contributed by atoms with Gasteiger partial charge in [0.2, 0.25) is 0 Å². The second-order valence-corrected chi connectivity index (χ2v) is 5.27. The molecule has 0 aliphatic rings. The molecule has 6 nitrogen and oxygen atoms in total. The van der Waals surface area contributed by atoms with Crippen LogP contribution < -0.4 is 15.0 Å². The summed E-state index contributed by atoms with van der Waals surface area (Å²) < 4.78 is 10.0. The van der Waals surface area contributed by atoms with Crippen LogP contribution in [0.4, 0.5) is 21.0 Å². The van der Waals surface area contributed by atoms with Gasteiger partial charge in [-0.15, -0.1) is 6.42 Å². The molecule has 2 rings (SSSR count). The largest absolute Gasteiger partial charge is 0.436 e. The van der Waals surface area contributed by atoms with Crippen LogP contribution in [0.15, 0.2) is 48.5 Å². The van der Waals surface area contributed by atoms with Gasteiger partial charge in [0.15, 0.2) is 6.61 Å². The van der Waals surface area contributed by atoms with E-state index in [0.29, 0.717) is 16.4 Å². The standard InChI is InChI=1S/C18H15ClN2O4/c1-3-11-24-17(22)20-14-5-4-6-16(12-14)25-18(23)21(2)15-9-7-13(19)8-10-15/h1,4-10,12H,11H2,2H3,(H,20,22). The maximum Gasteiger partial charge on any atom is 0.419 e. The van der Waals surface area contributed by atoms with Crippen molar-refractivity contribution in [3.05, 3.63) is 53.6 Å². The first-order chi connectivity index (χ1) is 12.0. The van der Waals surface area contributed by atoms with E-state index >= 15 is 0 Å². The summed E-state index contributed by atoms with van der Waals surface area (Å²) in [4.78, 5) is 25.0. The van der Waals surface area contributed by atoms with Gasteiger partial charge in [-0.3, -0.25) is 10.2 Å². The summed E-state index contributed by atoms with van der Waals surface area (Å²) in [6, 6.07) is 13.1. The van der Waals surface area contributed by atoms with Crippen LogP contribution in [0.1, 0.15) is 0 Å². The van der Waals surface area contributed by atoms with Gasteiger partial charge in [0.25, 0.3) is 0 Å². The average Bonchev–Trinajstić information content (AvgIpc) is 2.60. The third kappa shape index (κ3) is 5.44. The van der Waals surface area contributed by atoms with E-state index in [-0.39, 0.29) is 12.4 Å². The highest BCUT2D eigenvalue weighted by molar-refractivity contribution is 6.30. The molecule has 0 fully saturated rings. The lowest BCUT2D eigenvalue weighted by Crippen LogP contribution is -2.29. The van der Waals surface area contributed by atoms with Gasteiger partial charge < -0.3 is 9.47 Å². The van der Waals surface area contributed by atoms with E-state index in [1.54, 1.807) is 49.5 Å². The molecule has 7 heteroatoms. The minimum atomic E-state index is -0.695. The van der Waals surface area contributed by atoms with Gasteiger partial charge in [-0.25, -0.2) is 9.59 Å². The predicted molar refractivity (Wildman–Crippen MR) is 96.1 cm³/mol. The minimum absolute atomic E-state index is 0.133. The van der Waals surface area contributed by atoms with Gasteiger partial charge in [0.05, 0.1) is 0 Å². The molecule has 0 aliphatic carbocycles. The molecule has 0 heterocycles. The average molecular weight is 359 g/mol. The molecule has 0 saturated heterocycles. The van der Waals surface area contributed by atoms with Crippen molar-refractivity contribution in [3.8, 4) is 18.1 Å². The fourth-order valence-electron chi connectivity index (χ4n) is 1.84. The number of ether oxygens (including phenoxy) is 2. The Morgan fingerprint density at radius 1 is 1.24 bits per heavy atom. The molecule has 0 aromatic heterocycles. The molecular weight excluding hydrogens is 344 g/mol. The number of anilines is 2. The topological polar surface area (TPSA) is 67.9 Å². The van der Waals surface area contributed by atoms with Crippen LogP contribution in [0.5, 0.6) is 5.75 Å². The Morgan fingerprint density at radius 3 is 2.64 bits per heavy atom. The summed E-state index contributed by atoms with van der Waals surface area (Å²) in [5.74, 6) is 2.45. The zero-order chi connectivity index (χ0) is 18.2. The van der Waals surface area contributed by atoms with E-state index in [1.807, 2.05) is 0 Å². The van der Waals surface area contributed by atoms with Gasteiger partial charge in [-0.1, -0.05) is 23.6 Å².